The van der Waals surface area contributed by atoms with Crippen LogP contribution in [0.15, 0.2) is 206 Å². The quantitative estimate of drug-likeness (QED) is 0.172. The second kappa shape index (κ2) is 12.5. The van der Waals surface area contributed by atoms with Crippen molar-refractivity contribution >= 4 is 60.4 Å². The number of para-hydroxylation sites is 3. The maximum Gasteiger partial charge on any atom is 0.0561 e. The Labute approximate surface area is 303 Å². The van der Waals surface area contributed by atoms with E-state index in [1.165, 1.54) is 65.6 Å². The summed E-state index contributed by atoms with van der Waals surface area (Å²) in [5, 5.41) is 7.39. The number of hydrogen-bond donors (Lipinski definition) is 0. The number of rotatable bonds is 6. The van der Waals surface area contributed by atoms with Gasteiger partial charge in [0.1, 0.15) is 0 Å². The zero-order chi connectivity index (χ0) is 34.4. The Morgan fingerprint density at radius 3 is 1.62 bits per heavy atom. The molecule has 10 aromatic rings. The lowest BCUT2D eigenvalue weighted by atomic mass is 9.90. The lowest BCUT2D eigenvalue weighted by molar-refractivity contribution is 1.18. The van der Waals surface area contributed by atoms with Crippen molar-refractivity contribution < 1.29 is 0 Å². The van der Waals surface area contributed by atoms with Crippen LogP contribution >= 0.6 is 0 Å². The molecule has 0 unspecified atom stereocenters. The fraction of sp³-hybridized carbons (Fsp3) is 0. The van der Waals surface area contributed by atoms with E-state index < -0.39 is 0 Å². The van der Waals surface area contributed by atoms with Crippen LogP contribution in [0.3, 0.4) is 0 Å². The summed E-state index contributed by atoms with van der Waals surface area (Å²) in [5.41, 5.74) is 11.8. The number of benzene rings is 9. The first-order valence-corrected chi connectivity index (χ1v) is 17.8. The van der Waals surface area contributed by atoms with Gasteiger partial charge in [0, 0.05) is 33.5 Å². The largest absolute Gasteiger partial charge is 0.310 e. The number of aromatic nitrogens is 1. The van der Waals surface area contributed by atoms with Gasteiger partial charge in [-0.15, -0.1) is 0 Å². The summed E-state index contributed by atoms with van der Waals surface area (Å²) in [7, 11) is 0. The molecule has 0 spiro atoms. The van der Waals surface area contributed by atoms with E-state index in [0.717, 1.165) is 22.7 Å². The van der Waals surface area contributed by atoms with Gasteiger partial charge in [0.25, 0.3) is 0 Å². The fourth-order valence-corrected chi connectivity index (χ4v) is 7.85. The molecule has 0 aliphatic carbocycles. The van der Waals surface area contributed by atoms with Crippen LogP contribution in [0.1, 0.15) is 0 Å². The zero-order valence-corrected chi connectivity index (χ0v) is 28.5. The van der Waals surface area contributed by atoms with Gasteiger partial charge in [0.05, 0.1) is 11.0 Å². The highest BCUT2D eigenvalue weighted by Crippen LogP contribution is 2.42. The topological polar surface area (TPSA) is 8.17 Å². The summed E-state index contributed by atoms with van der Waals surface area (Å²) < 4.78 is 2.38. The van der Waals surface area contributed by atoms with Crippen LogP contribution in [-0.2, 0) is 0 Å². The van der Waals surface area contributed by atoms with E-state index in [1.54, 1.807) is 0 Å². The predicted octanol–water partition coefficient (Wildman–Crippen LogP) is 13.9. The predicted molar refractivity (Wildman–Crippen MR) is 221 cm³/mol. The fourth-order valence-electron chi connectivity index (χ4n) is 7.85. The van der Waals surface area contributed by atoms with Crippen LogP contribution in [0, 0.1) is 0 Å². The maximum atomic E-state index is 2.38. The lowest BCUT2D eigenvalue weighted by Crippen LogP contribution is -2.10. The minimum absolute atomic E-state index is 1.11. The maximum absolute atomic E-state index is 2.38. The average Bonchev–Trinajstić information content (AvgIpc) is 3.55. The monoisotopic (exact) mass is 662 g/mol. The molecule has 0 aliphatic rings. The van der Waals surface area contributed by atoms with E-state index in [1.807, 2.05) is 0 Å². The van der Waals surface area contributed by atoms with Gasteiger partial charge in [0.2, 0.25) is 0 Å². The molecular formula is C50H34N2. The Bertz CT molecular complexity index is 2890. The second-order valence-electron chi connectivity index (χ2n) is 13.4. The number of fused-ring (bicyclic) bond motifs is 5. The van der Waals surface area contributed by atoms with Gasteiger partial charge in [0.15, 0.2) is 0 Å². The summed E-state index contributed by atoms with van der Waals surface area (Å²) in [5.74, 6) is 0. The van der Waals surface area contributed by atoms with Crippen LogP contribution in [0.25, 0.3) is 71.3 Å². The van der Waals surface area contributed by atoms with E-state index in [4.69, 9.17) is 0 Å². The Hall–Kier alpha value is -6.90. The molecule has 0 amide bonds. The summed E-state index contributed by atoms with van der Waals surface area (Å²) >= 11 is 0. The van der Waals surface area contributed by atoms with Crippen LogP contribution in [0.5, 0.6) is 0 Å². The van der Waals surface area contributed by atoms with E-state index in [9.17, 15) is 0 Å². The number of hydrogen-bond acceptors (Lipinski definition) is 1. The first kappa shape index (κ1) is 30.0. The minimum Gasteiger partial charge on any atom is -0.310 e. The van der Waals surface area contributed by atoms with Crippen molar-refractivity contribution in [3.05, 3.63) is 206 Å². The first-order valence-electron chi connectivity index (χ1n) is 17.8. The molecule has 2 heteroatoms. The standard InChI is InChI=1S/C50H34N2/c1-4-14-35(15-5-1)47-32-36-16-10-11-17-37(36)33-48(47)40-25-24-39-31-43(27-26-38(39)30-40)51(41-18-6-2-7-19-41)44-28-29-46-45-22-12-13-23-49(45)52(50(46)34-44)42-20-8-3-9-21-42/h1-34H. The third kappa shape index (κ3) is 5.12. The molecule has 0 fully saturated rings. The van der Waals surface area contributed by atoms with Crippen molar-refractivity contribution in [3.63, 3.8) is 0 Å². The van der Waals surface area contributed by atoms with Gasteiger partial charge >= 0.3 is 0 Å². The smallest absolute Gasteiger partial charge is 0.0561 e. The molecule has 10 rings (SSSR count). The van der Waals surface area contributed by atoms with Crippen molar-refractivity contribution in [2.24, 2.45) is 0 Å². The minimum atomic E-state index is 1.11. The highest BCUT2D eigenvalue weighted by Gasteiger charge is 2.18. The van der Waals surface area contributed by atoms with Gasteiger partial charge < -0.3 is 9.47 Å². The van der Waals surface area contributed by atoms with Crippen molar-refractivity contribution in [2.75, 3.05) is 4.90 Å². The van der Waals surface area contributed by atoms with Crippen LogP contribution in [0.4, 0.5) is 17.1 Å². The summed E-state index contributed by atoms with van der Waals surface area (Å²) in [4.78, 5) is 2.37. The lowest BCUT2D eigenvalue weighted by Gasteiger charge is -2.26. The Balaban J connectivity index is 1.12. The van der Waals surface area contributed by atoms with E-state index in [-0.39, 0.29) is 0 Å². The molecule has 0 saturated carbocycles. The summed E-state index contributed by atoms with van der Waals surface area (Å²) in [6, 6.07) is 74.7. The molecule has 0 atom stereocenters. The zero-order valence-electron chi connectivity index (χ0n) is 28.5. The molecule has 1 heterocycles. The van der Waals surface area contributed by atoms with Crippen molar-refractivity contribution in [2.45, 2.75) is 0 Å². The van der Waals surface area contributed by atoms with Crippen LogP contribution in [-0.4, -0.2) is 4.57 Å². The van der Waals surface area contributed by atoms with E-state index in [0.29, 0.717) is 0 Å². The molecule has 9 aromatic carbocycles. The third-order valence-corrected chi connectivity index (χ3v) is 10.3. The highest BCUT2D eigenvalue weighted by molar-refractivity contribution is 6.10. The SMILES string of the molecule is c1ccc(-c2cc3ccccc3cc2-c2ccc3cc(N(c4ccccc4)c4ccc5c6ccccc6n(-c6ccccc6)c5c4)ccc3c2)cc1. The normalized spacial score (nSPS) is 11.5. The van der Waals surface area contributed by atoms with Gasteiger partial charge in [-0.3, -0.25) is 0 Å². The Morgan fingerprint density at radius 1 is 0.308 bits per heavy atom. The van der Waals surface area contributed by atoms with Gasteiger partial charge in [-0.25, -0.2) is 0 Å². The molecule has 2 nitrogen and oxygen atoms in total. The summed E-state index contributed by atoms with van der Waals surface area (Å²) in [6.07, 6.45) is 0. The molecule has 0 radical (unpaired) electrons. The first-order chi connectivity index (χ1) is 25.8. The molecule has 52 heavy (non-hydrogen) atoms. The molecule has 244 valence electrons. The third-order valence-electron chi connectivity index (χ3n) is 10.3. The molecule has 0 bridgehead atoms. The summed E-state index contributed by atoms with van der Waals surface area (Å²) in [6.45, 7) is 0. The van der Waals surface area contributed by atoms with E-state index >= 15 is 0 Å². The van der Waals surface area contributed by atoms with Crippen molar-refractivity contribution in [1.29, 1.82) is 0 Å². The van der Waals surface area contributed by atoms with Crippen molar-refractivity contribution in [1.82, 2.24) is 4.57 Å². The molecule has 0 aliphatic heterocycles. The molecular weight excluding hydrogens is 629 g/mol. The second-order valence-corrected chi connectivity index (χ2v) is 13.4. The number of anilines is 3. The molecule has 1 aromatic heterocycles. The van der Waals surface area contributed by atoms with Gasteiger partial charge in [-0.2, -0.15) is 0 Å². The molecule has 0 N–H and O–H groups in total. The number of nitrogens with zero attached hydrogens (tertiary/aromatic N) is 2. The van der Waals surface area contributed by atoms with Gasteiger partial charge in [-0.05, 0) is 117 Å². The van der Waals surface area contributed by atoms with Gasteiger partial charge in [-0.1, -0.05) is 133 Å². The van der Waals surface area contributed by atoms with Crippen LogP contribution in [0.2, 0.25) is 0 Å². The van der Waals surface area contributed by atoms with Crippen LogP contribution < -0.4 is 4.90 Å². The highest BCUT2D eigenvalue weighted by atomic mass is 15.1. The van der Waals surface area contributed by atoms with E-state index in [2.05, 4.69) is 216 Å². The molecule has 0 saturated heterocycles. The Morgan fingerprint density at radius 2 is 0.846 bits per heavy atom. The van der Waals surface area contributed by atoms with Crippen molar-refractivity contribution in [3.8, 4) is 27.9 Å². The average molecular weight is 663 g/mol. The Kier molecular flexibility index (Phi) is 7.18.